The number of nitrogens with zero attached hydrogens (tertiary/aromatic N) is 1. The van der Waals surface area contributed by atoms with Crippen molar-refractivity contribution in [1.82, 2.24) is 4.31 Å². The maximum Gasteiger partial charge on any atom is 0.264 e. The highest BCUT2D eigenvalue weighted by Crippen LogP contribution is 2.45. The van der Waals surface area contributed by atoms with Crippen LogP contribution < -0.4 is 0 Å². The minimum atomic E-state index is -3.58. The minimum absolute atomic E-state index is 0.0144. The third kappa shape index (κ3) is 2.86. The van der Waals surface area contributed by atoms with Gasteiger partial charge in [-0.3, -0.25) is 4.31 Å². The molecule has 130 valence electrons. The van der Waals surface area contributed by atoms with E-state index in [0.717, 1.165) is 36.0 Å². The summed E-state index contributed by atoms with van der Waals surface area (Å²) in [5, 5.41) is 0. The van der Waals surface area contributed by atoms with Crippen LogP contribution in [-0.2, 0) is 10.0 Å². The molecule has 0 aromatic heterocycles. The monoisotopic (exact) mass is 357 g/mol. The molecule has 5 heteroatoms. The van der Waals surface area contributed by atoms with Gasteiger partial charge in [0, 0.05) is 12.2 Å². The van der Waals surface area contributed by atoms with Gasteiger partial charge in [0.2, 0.25) is 0 Å². The van der Waals surface area contributed by atoms with Crippen molar-refractivity contribution in [3.05, 3.63) is 71.7 Å². The molecule has 0 radical (unpaired) electrons. The van der Waals surface area contributed by atoms with Crippen molar-refractivity contribution in [3.63, 3.8) is 0 Å². The molecule has 4 rings (SSSR count). The summed E-state index contributed by atoms with van der Waals surface area (Å²) in [5.74, 6) is 0.0634. The van der Waals surface area contributed by atoms with Crippen LogP contribution in [-0.4, -0.2) is 18.8 Å². The van der Waals surface area contributed by atoms with Gasteiger partial charge in [-0.1, -0.05) is 29.8 Å². The third-order valence-electron chi connectivity index (χ3n) is 5.24. The van der Waals surface area contributed by atoms with E-state index in [2.05, 4.69) is 0 Å². The zero-order valence-electron chi connectivity index (χ0n) is 14.0. The second-order valence-electron chi connectivity index (χ2n) is 6.90. The first-order valence-corrected chi connectivity index (χ1v) is 9.97. The molecule has 0 N–H and O–H groups in total. The average Bonchev–Trinajstić information content (AvgIpc) is 2.99. The second-order valence-corrected chi connectivity index (χ2v) is 8.75. The number of sulfonamides is 1. The molecule has 0 spiro atoms. The maximum atomic E-state index is 13.2. The summed E-state index contributed by atoms with van der Waals surface area (Å²) in [6.45, 7) is 1.94. The Bertz CT molecular complexity index is 917. The average molecular weight is 357 g/mol. The van der Waals surface area contributed by atoms with Crippen molar-refractivity contribution in [1.29, 1.82) is 0 Å². The summed E-state index contributed by atoms with van der Waals surface area (Å²) in [4.78, 5) is 0.318. The summed E-state index contributed by atoms with van der Waals surface area (Å²) in [6.07, 6.45) is 4.42. The lowest BCUT2D eigenvalue weighted by Gasteiger charge is -2.32. The van der Waals surface area contributed by atoms with Crippen LogP contribution in [0.1, 0.15) is 30.4 Å². The Morgan fingerprint density at radius 2 is 1.68 bits per heavy atom. The van der Waals surface area contributed by atoms with E-state index in [1.807, 2.05) is 19.1 Å². The zero-order valence-corrected chi connectivity index (χ0v) is 14.8. The Kier molecular flexibility index (Phi) is 3.91. The van der Waals surface area contributed by atoms with E-state index in [1.165, 1.54) is 16.4 Å². The number of halogens is 1. The molecule has 3 nitrogen and oxygen atoms in total. The van der Waals surface area contributed by atoms with Gasteiger partial charge in [-0.2, -0.15) is 0 Å². The molecule has 1 saturated carbocycles. The van der Waals surface area contributed by atoms with Gasteiger partial charge >= 0.3 is 0 Å². The Morgan fingerprint density at radius 3 is 2.36 bits per heavy atom. The van der Waals surface area contributed by atoms with Crippen molar-refractivity contribution in [2.24, 2.45) is 5.92 Å². The Balaban J connectivity index is 1.77. The summed E-state index contributed by atoms with van der Waals surface area (Å²) in [5.41, 5.74) is 2.92. The Labute approximate surface area is 147 Å². The van der Waals surface area contributed by atoms with Crippen LogP contribution in [0.25, 0.3) is 5.57 Å². The van der Waals surface area contributed by atoms with Gasteiger partial charge in [0.15, 0.2) is 0 Å². The fourth-order valence-electron chi connectivity index (χ4n) is 3.87. The topological polar surface area (TPSA) is 37.4 Å². The second kappa shape index (κ2) is 5.99. The summed E-state index contributed by atoms with van der Waals surface area (Å²) < 4.78 is 41.0. The first kappa shape index (κ1) is 16.3. The van der Waals surface area contributed by atoms with Crippen molar-refractivity contribution < 1.29 is 12.8 Å². The highest BCUT2D eigenvalue weighted by Gasteiger charge is 2.40. The van der Waals surface area contributed by atoms with Crippen LogP contribution in [0.2, 0.25) is 0 Å². The molecular formula is C20H20FNO2S. The SMILES string of the molecule is Cc1ccc(S(=O)(=O)N2C=C(c3ccc(F)cc3)[C@H]3CC[C@@H]2C3)cc1. The lowest BCUT2D eigenvalue weighted by atomic mass is 9.90. The van der Waals surface area contributed by atoms with Crippen molar-refractivity contribution in [2.75, 3.05) is 0 Å². The molecule has 1 aliphatic carbocycles. The van der Waals surface area contributed by atoms with E-state index < -0.39 is 10.0 Å². The van der Waals surface area contributed by atoms with Gasteiger partial charge in [-0.15, -0.1) is 0 Å². The molecule has 25 heavy (non-hydrogen) atoms. The normalized spacial score (nSPS) is 22.8. The molecule has 2 aliphatic rings. The zero-order chi connectivity index (χ0) is 17.6. The molecule has 1 heterocycles. The number of benzene rings is 2. The molecule has 0 amide bonds. The van der Waals surface area contributed by atoms with E-state index in [0.29, 0.717) is 10.8 Å². The third-order valence-corrected chi connectivity index (χ3v) is 7.07. The summed E-state index contributed by atoms with van der Waals surface area (Å²) in [7, 11) is -3.58. The highest BCUT2D eigenvalue weighted by molar-refractivity contribution is 7.89. The molecule has 0 unspecified atom stereocenters. The van der Waals surface area contributed by atoms with Gasteiger partial charge in [-0.25, -0.2) is 12.8 Å². The van der Waals surface area contributed by atoms with Gasteiger partial charge in [-0.05, 0) is 67.5 Å². The van der Waals surface area contributed by atoms with Crippen molar-refractivity contribution in [2.45, 2.75) is 37.1 Å². The van der Waals surface area contributed by atoms with E-state index in [-0.39, 0.29) is 11.9 Å². The van der Waals surface area contributed by atoms with Gasteiger partial charge in [0.25, 0.3) is 10.0 Å². The Hall–Kier alpha value is -2.14. The van der Waals surface area contributed by atoms with Gasteiger partial charge in [0.1, 0.15) is 5.82 Å². The summed E-state index contributed by atoms with van der Waals surface area (Å²) >= 11 is 0. The molecule has 2 bridgehead atoms. The molecule has 2 atom stereocenters. The lowest BCUT2D eigenvalue weighted by molar-refractivity contribution is 0.387. The van der Waals surface area contributed by atoms with E-state index >= 15 is 0 Å². The first-order chi connectivity index (χ1) is 11.9. The van der Waals surface area contributed by atoms with Gasteiger partial charge in [0.05, 0.1) is 4.90 Å². The van der Waals surface area contributed by atoms with Gasteiger partial charge < -0.3 is 0 Å². The smallest absolute Gasteiger partial charge is 0.264 e. The van der Waals surface area contributed by atoms with E-state index in [9.17, 15) is 12.8 Å². The number of fused-ring (bicyclic) bond motifs is 2. The standard InChI is InChI=1S/C20H20FNO2S/c1-14-2-10-19(11-3-14)25(23,24)22-13-20(16-6-9-18(22)12-16)15-4-7-17(21)8-5-15/h2-5,7-8,10-11,13,16,18H,6,9,12H2,1H3/t16-,18+/m0/s1. The fraction of sp³-hybridized carbons (Fsp3) is 0.300. The summed E-state index contributed by atoms with van der Waals surface area (Å²) in [6, 6.07) is 13.3. The molecular weight excluding hydrogens is 337 g/mol. The van der Waals surface area contributed by atoms with Crippen LogP contribution >= 0.6 is 0 Å². The number of hydrogen-bond donors (Lipinski definition) is 0. The predicted molar refractivity (Wildman–Crippen MR) is 95.7 cm³/mol. The number of hydrogen-bond acceptors (Lipinski definition) is 2. The minimum Gasteiger partial charge on any atom is -0.270 e. The quantitative estimate of drug-likeness (QED) is 0.819. The number of allylic oxidation sites excluding steroid dienone is 1. The number of aryl methyl sites for hydroxylation is 1. The largest absolute Gasteiger partial charge is 0.270 e. The predicted octanol–water partition coefficient (Wildman–Crippen LogP) is 4.35. The van der Waals surface area contributed by atoms with Crippen LogP contribution in [0, 0.1) is 18.7 Å². The van der Waals surface area contributed by atoms with Crippen molar-refractivity contribution in [3.8, 4) is 0 Å². The molecule has 2 aromatic carbocycles. The van der Waals surface area contributed by atoms with E-state index in [1.54, 1.807) is 30.5 Å². The van der Waals surface area contributed by atoms with Crippen LogP contribution in [0.3, 0.4) is 0 Å². The highest BCUT2D eigenvalue weighted by atomic mass is 32.2. The van der Waals surface area contributed by atoms with Crippen LogP contribution in [0.15, 0.2) is 59.6 Å². The van der Waals surface area contributed by atoms with Crippen LogP contribution in [0.4, 0.5) is 4.39 Å². The molecule has 0 saturated heterocycles. The van der Waals surface area contributed by atoms with Crippen molar-refractivity contribution >= 4 is 15.6 Å². The van der Waals surface area contributed by atoms with E-state index in [4.69, 9.17) is 0 Å². The fourth-order valence-corrected chi connectivity index (χ4v) is 5.43. The first-order valence-electron chi connectivity index (χ1n) is 8.53. The Morgan fingerprint density at radius 1 is 1.00 bits per heavy atom. The molecule has 1 fully saturated rings. The molecule has 1 aliphatic heterocycles. The maximum absolute atomic E-state index is 13.2. The van der Waals surface area contributed by atoms with Crippen LogP contribution in [0.5, 0.6) is 0 Å². The lowest BCUT2D eigenvalue weighted by Crippen LogP contribution is -2.37. The number of rotatable bonds is 3. The molecule has 2 aromatic rings.